The van der Waals surface area contributed by atoms with E-state index < -0.39 is 9.84 Å². The molecule has 2 heterocycles. The molecule has 1 aromatic heterocycles. The number of furan rings is 1. The zero-order valence-corrected chi connectivity index (χ0v) is 17.8. The van der Waals surface area contributed by atoms with Crippen molar-refractivity contribution in [2.45, 2.75) is 31.2 Å². The highest BCUT2D eigenvalue weighted by atomic mass is 32.2. The summed E-state index contributed by atoms with van der Waals surface area (Å²) < 4.78 is 29.7. The number of fused-ring (bicyclic) bond motifs is 1. The molecule has 1 aliphatic rings. The van der Waals surface area contributed by atoms with Gasteiger partial charge in [-0.1, -0.05) is 48.5 Å². The van der Waals surface area contributed by atoms with Gasteiger partial charge in [0.15, 0.2) is 15.6 Å². The van der Waals surface area contributed by atoms with E-state index in [1.807, 2.05) is 24.3 Å². The summed E-state index contributed by atoms with van der Waals surface area (Å²) in [6.07, 6.45) is 3.05. The Balaban J connectivity index is 1.51. The lowest BCUT2D eigenvalue weighted by atomic mass is 10.0. The molecule has 0 spiro atoms. The van der Waals surface area contributed by atoms with Crippen LogP contribution in [0.2, 0.25) is 0 Å². The Morgan fingerprint density at radius 2 is 1.87 bits per heavy atom. The first-order valence-electron chi connectivity index (χ1n) is 10.1. The van der Waals surface area contributed by atoms with Crippen LogP contribution in [0.3, 0.4) is 0 Å². The van der Waals surface area contributed by atoms with E-state index in [9.17, 15) is 13.2 Å². The quantitative estimate of drug-likeness (QED) is 0.654. The van der Waals surface area contributed by atoms with Crippen LogP contribution >= 0.6 is 0 Å². The van der Waals surface area contributed by atoms with Gasteiger partial charge in [0.1, 0.15) is 5.58 Å². The first-order valence-corrected chi connectivity index (χ1v) is 12.2. The van der Waals surface area contributed by atoms with Gasteiger partial charge in [0.2, 0.25) is 0 Å². The lowest BCUT2D eigenvalue weighted by Crippen LogP contribution is -2.47. The van der Waals surface area contributed by atoms with Gasteiger partial charge in [-0.15, -0.1) is 0 Å². The molecule has 2 aromatic carbocycles. The number of nitrogens with one attached hydrogen (secondary N) is 1. The first-order chi connectivity index (χ1) is 14.4. The first kappa shape index (κ1) is 20.6. The van der Waals surface area contributed by atoms with Crippen molar-refractivity contribution in [2.24, 2.45) is 0 Å². The number of carbonyl (C=O) groups excluding carboxylic acids is 1. The largest absolute Gasteiger partial charge is 0.451 e. The van der Waals surface area contributed by atoms with Gasteiger partial charge >= 0.3 is 0 Å². The van der Waals surface area contributed by atoms with Crippen LogP contribution in [0.5, 0.6) is 0 Å². The molecule has 0 aliphatic carbocycles. The van der Waals surface area contributed by atoms with Crippen LogP contribution in [-0.2, 0) is 22.1 Å². The normalized spacial score (nSPS) is 17.8. The molecule has 1 aliphatic heterocycles. The van der Waals surface area contributed by atoms with Gasteiger partial charge in [-0.05, 0) is 31.0 Å². The summed E-state index contributed by atoms with van der Waals surface area (Å²) in [4.78, 5) is 15.4. The lowest BCUT2D eigenvalue weighted by molar-refractivity contribution is 0.0874. The standard InChI is InChI=1S/C23H26N2O4S/c1-30(27,28)16-20-19-11-5-6-12-21(19)29-22(20)23(26)24-18-10-7-13-25(15-18)14-17-8-3-2-4-9-17/h2-6,8-9,11-12,18H,7,10,13-16H2,1H3,(H,24,26). The van der Waals surface area contributed by atoms with Gasteiger partial charge in [0, 0.05) is 36.3 Å². The van der Waals surface area contributed by atoms with Crippen LogP contribution in [0.25, 0.3) is 11.0 Å². The summed E-state index contributed by atoms with van der Waals surface area (Å²) >= 11 is 0. The van der Waals surface area contributed by atoms with Crippen LogP contribution in [0, 0.1) is 0 Å². The number of carbonyl (C=O) groups is 1. The molecular formula is C23H26N2O4S. The van der Waals surface area contributed by atoms with E-state index in [0.717, 1.165) is 32.5 Å². The Morgan fingerprint density at radius 1 is 1.13 bits per heavy atom. The maximum atomic E-state index is 13.0. The van der Waals surface area contributed by atoms with E-state index in [-0.39, 0.29) is 23.5 Å². The fourth-order valence-electron chi connectivity index (χ4n) is 4.10. The third kappa shape index (κ3) is 4.91. The van der Waals surface area contributed by atoms with E-state index in [4.69, 9.17) is 4.42 Å². The number of para-hydroxylation sites is 1. The molecule has 7 heteroatoms. The van der Waals surface area contributed by atoms with Crippen molar-refractivity contribution in [1.29, 1.82) is 0 Å². The van der Waals surface area contributed by atoms with Crippen molar-refractivity contribution in [3.63, 3.8) is 0 Å². The third-order valence-electron chi connectivity index (χ3n) is 5.40. The van der Waals surface area contributed by atoms with Crippen molar-refractivity contribution in [2.75, 3.05) is 19.3 Å². The summed E-state index contributed by atoms with van der Waals surface area (Å²) in [5, 5.41) is 3.74. The van der Waals surface area contributed by atoms with E-state index in [1.54, 1.807) is 18.2 Å². The average molecular weight is 427 g/mol. The number of hydrogen-bond acceptors (Lipinski definition) is 5. The topological polar surface area (TPSA) is 79.6 Å². The molecule has 0 bridgehead atoms. The summed E-state index contributed by atoms with van der Waals surface area (Å²) in [5.41, 5.74) is 2.20. The molecule has 158 valence electrons. The van der Waals surface area contributed by atoms with Gasteiger partial charge < -0.3 is 9.73 Å². The number of piperidine rings is 1. The molecule has 30 heavy (non-hydrogen) atoms. The number of amides is 1. The highest BCUT2D eigenvalue weighted by Crippen LogP contribution is 2.28. The molecule has 3 aromatic rings. The maximum absolute atomic E-state index is 13.0. The minimum atomic E-state index is -3.32. The number of hydrogen-bond donors (Lipinski definition) is 1. The monoisotopic (exact) mass is 426 g/mol. The molecule has 0 radical (unpaired) electrons. The molecule has 1 unspecified atom stereocenters. The number of sulfone groups is 1. The lowest BCUT2D eigenvalue weighted by Gasteiger charge is -2.33. The molecule has 4 rings (SSSR count). The van der Waals surface area contributed by atoms with Gasteiger partial charge in [0.25, 0.3) is 5.91 Å². The van der Waals surface area contributed by atoms with Crippen molar-refractivity contribution in [1.82, 2.24) is 10.2 Å². The number of nitrogens with zero attached hydrogens (tertiary/aromatic N) is 1. The highest BCUT2D eigenvalue weighted by Gasteiger charge is 2.27. The van der Waals surface area contributed by atoms with Crippen LogP contribution in [-0.4, -0.2) is 44.6 Å². The van der Waals surface area contributed by atoms with Gasteiger partial charge in [0.05, 0.1) is 5.75 Å². The zero-order chi connectivity index (χ0) is 21.1. The Labute approximate surface area is 176 Å². The smallest absolute Gasteiger partial charge is 0.287 e. The van der Waals surface area contributed by atoms with E-state index in [0.29, 0.717) is 16.5 Å². The van der Waals surface area contributed by atoms with Gasteiger partial charge in [-0.2, -0.15) is 0 Å². The highest BCUT2D eigenvalue weighted by molar-refractivity contribution is 7.89. The minimum Gasteiger partial charge on any atom is -0.451 e. The number of likely N-dealkylation sites (tertiary alicyclic amines) is 1. The van der Waals surface area contributed by atoms with Crippen molar-refractivity contribution < 1.29 is 17.6 Å². The average Bonchev–Trinajstić information content (AvgIpc) is 3.06. The molecule has 1 amide bonds. The second-order valence-electron chi connectivity index (χ2n) is 8.01. The molecule has 1 atom stereocenters. The maximum Gasteiger partial charge on any atom is 0.287 e. The molecule has 1 fully saturated rings. The number of benzene rings is 2. The Morgan fingerprint density at radius 3 is 2.63 bits per heavy atom. The van der Waals surface area contributed by atoms with Gasteiger partial charge in [-0.3, -0.25) is 9.69 Å². The Bertz CT molecular complexity index is 1140. The SMILES string of the molecule is CS(=O)(=O)Cc1c(C(=O)NC2CCCN(Cc3ccccc3)C2)oc2ccccc12. The molecular weight excluding hydrogens is 400 g/mol. The Kier molecular flexibility index (Phi) is 5.92. The summed E-state index contributed by atoms with van der Waals surface area (Å²) in [6, 6.07) is 17.4. The summed E-state index contributed by atoms with van der Waals surface area (Å²) in [6.45, 7) is 2.59. The summed E-state index contributed by atoms with van der Waals surface area (Å²) in [7, 11) is -3.32. The molecule has 0 saturated carbocycles. The van der Waals surface area contributed by atoms with Crippen molar-refractivity contribution >= 4 is 26.7 Å². The van der Waals surface area contributed by atoms with Crippen molar-refractivity contribution in [3.8, 4) is 0 Å². The number of rotatable bonds is 6. The minimum absolute atomic E-state index is 0.00532. The summed E-state index contributed by atoms with van der Waals surface area (Å²) in [5.74, 6) is -0.476. The zero-order valence-electron chi connectivity index (χ0n) is 17.0. The van der Waals surface area contributed by atoms with E-state index >= 15 is 0 Å². The van der Waals surface area contributed by atoms with Crippen LogP contribution in [0.15, 0.2) is 59.0 Å². The van der Waals surface area contributed by atoms with E-state index in [2.05, 4.69) is 22.3 Å². The second-order valence-corrected chi connectivity index (χ2v) is 10.1. The van der Waals surface area contributed by atoms with Crippen LogP contribution in [0.1, 0.15) is 34.5 Å². The van der Waals surface area contributed by atoms with Crippen LogP contribution in [0.4, 0.5) is 0 Å². The molecule has 1 N–H and O–H groups in total. The fourth-order valence-corrected chi connectivity index (χ4v) is 4.91. The van der Waals surface area contributed by atoms with Gasteiger partial charge in [-0.25, -0.2) is 8.42 Å². The predicted molar refractivity (Wildman–Crippen MR) is 117 cm³/mol. The second kappa shape index (κ2) is 8.62. The van der Waals surface area contributed by atoms with Crippen LogP contribution < -0.4 is 5.32 Å². The molecule has 6 nitrogen and oxygen atoms in total. The predicted octanol–water partition coefficient (Wildman–Crippen LogP) is 3.37. The fraction of sp³-hybridized carbons (Fsp3) is 0.348. The van der Waals surface area contributed by atoms with Crippen molar-refractivity contribution in [3.05, 3.63) is 71.5 Å². The Hall–Kier alpha value is -2.64. The van der Waals surface area contributed by atoms with E-state index in [1.165, 1.54) is 11.8 Å². The third-order valence-corrected chi connectivity index (χ3v) is 6.21. The molecule has 1 saturated heterocycles.